The lowest BCUT2D eigenvalue weighted by Gasteiger charge is -2.34. The molecule has 0 saturated carbocycles. The highest BCUT2D eigenvalue weighted by molar-refractivity contribution is 5.95. The average molecular weight is 375 g/mol. The summed E-state index contributed by atoms with van der Waals surface area (Å²) >= 11 is 0. The van der Waals surface area contributed by atoms with Crippen molar-refractivity contribution >= 4 is 18.3 Å². The fraction of sp³-hybridized carbons (Fsp3) is 0.375. The molecule has 1 N–H and O–H groups in total. The largest absolute Gasteiger partial charge is 0.433 e. The topological polar surface area (TPSA) is 50.2 Å². The maximum Gasteiger partial charge on any atom is 0.433 e. The lowest BCUT2D eigenvalue weighted by atomic mass is 10.1. The fourth-order valence-corrected chi connectivity index (χ4v) is 2.80. The molecule has 1 saturated heterocycles. The summed E-state index contributed by atoms with van der Waals surface area (Å²) < 4.78 is 39.9. The smallest absolute Gasteiger partial charge is 0.333 e. The molecule has 1 atom stereocenters. The van der Waals surface area contributed by atoms with Gasteiger partial charge in [0.25, 0.3) is 5.91 Å². The summed E-state index contributed by atoms with van der Waals surface area (Å²) in [6.45, 7) is 3.90. The second-order valence-corrected chi connectivity index (χ2v) is 5.73. The van der Waals surface area contributed by atoms with E-state index in [1.165, 1.54) is 12.1 Å². The summed E-state index contributed by atoms with van der Waals surface area (Å²) in [6.07, 6.45) is -3.42. The number of carbonyl (C=O) groups is 1. The molecular formula is C16H18ClF3N4O. The number of halogens is 4. The Morgan fingerprint density at radius 2 is 2.08 bits per heavy atom. The molecule has 1 fully saturated rings. The van der Waals surface area contributed by atoms with Crippen molar-refractivity contribution in [2.45, 2.75) is 19.1 Å². The molecular weight excluding hydrogens is 357 g/mol. The van der Waals surface area contributed by atoms with Crippen molar-refractivity contribution < 1.29 is 18.0 Å². The van der Waals surface area contributed by atoms with E-state index in [1.54, 1.807) is 17.0 Å². The second-order valence-electron chi connectivity index (χ2n) is 5.73. The predicted octanol–water partition coefficient (Wildman–Crippen LogP) is 2.75. The van der Waals surface area contributed by atoms with Crippen molar-refractivity contribution in [1.82, 2.24) is 20.0 Å². The van der Waals surface area contributed by atoms with Gasteiger partial charge in [-0.25, -0.2) is 4.68 Å². The number of amides is 1. The number of rotatable bonds is 2. The third-order valence-corrected chi connectivity index (χ3v) is 4.03. The van der Waals surface area contributed by atoms with Gasteiger partial charge in [0.15, 0.2) is 0 Å². The summed E-state index contributed by atoms with van der Waals surface area (Å²) in [5.41, 5.74) is -0.312. The standard InChI is InChI=1S/C16H17F3N4O.ClH/c1-11-10-20-7-8-22(11)15(24)12-3-2-4-13(9-12)23-14(5-6-21-23)16(17,18)19;/h2-6,9,11,20H,7-8,10H2,1H3;1H/t11-;/m0./s1. The molecule has 0 bridgehead atoms. The Kier molecular flexibility index (Phi) is 5.74. The van der Waals surface area contributed by atoms with Gasteiger partial charge < -0.3 is 10.2 Å². The number of aromatic nitrogens is 2. The Hall–Kier alpha value is -2.06. The number of hydrogen-bond acceptors (Lipinski definition) is 3. The van der Waals surface area contributed by atoms with Gasteiger partial charge in [-0.05, 0) is 31.2 Å². The van der Waals surface area contributed by atoms with Crippen molar-refractivity contribution in [2.75, 3.05) is 19.6 Å². The van der Waals surface area contributed by atoms with Crippen LogP contribution in [0.25, 0.3) is 5.69 Å². The van der Waals surface area contributed by atoms with Gasteiger partial charge in [-0.1, -0.05) is 6.07 Å². The maximum absolute atomic E-state index is 13.0. The highest BCUT2D eigenvalue weighted by Crippen LogP contribution is 2.30. The van der Waals surface area contributed by atoms with E-state index in [0.29, 0.717) is 25.2 Å². The van der Waals surface area contributed by atoms with Crippen molar-refractivity contribution in [3.8, 4) is 5.69 Å². The van der Waals surface area contributed by atoms with Crippen LogP contribution < -0.4 is 5.32 Å². The van der Waals surface area contributed by atoms with Gasteiger partial charge in [0.05, 0.1) is 11.9 Å². The van der Waals surface area contributed by atoms with Crippen LogP contribution in [0.1, 0.15) is 23.0 Å². The lowest BCUT2D eigenvalue weighted by Crippen LogP contribution is -2.52. The first kappa shape index (κ1) is 19.3. The molecule has 2 aromatic rings. The van der Waals surface area contributed by atoms with Crippen molar-refractivity contribution in [2.24, 2.45) is 0 Å². The van der Waals surface area contributed by atoms with Gasteiger partial charge in [0.2, 0.25) is 0 Å². The van der Waals surface area contributed by atoms with Crippen molar-refractivity contribution in [1.29, 1.82) is 0 Å². The summed E-state index contributed by atoms with van der Waals surface area (Å²) in [5, 5.41) is 6.94. The van der Waals surface area contributed by atoms with Crippen LogP contribution in [-0.2, 0) is 6.18 Å². The van der Waals surface area contributed by atoms with Crippen LogP contribution in [0, 0.1) is 0 Å². The molecule has 1 aliphatic heterocycles. The highest BCUT2D eigenvalue weighted by Gasteiger charge is 2.35. The minimum Gasteiger partial charge on any atom is -0.333 e. The molecule has 1 aromatic heterocycles. The average Bonchev–Trinajstić information content (AvgIpc) is 3.05. The first-order valence-corrected chi connectivity index (χ1v) is 7.61. The van der Waals surface area contributed by atoms with Gasteiger partial charge >= 0.3 is 6.18 Å². The van der Waals surface area contributed by atoms with Gasteiger partial charge in [-0.15, -0.1) is 12.4 Å². The Bertz CT molecular complexity index is 747. The quantitative estimate of drug-likeness (QED) is 0.879. The monoisotopic (exact) mass is 374 g/mol. The molecule has 3 rings (SSSR count). The summed E-state index contributed by atoms with van der Waals surface area (Å²) in [5.74, 6) is -0.188. The zero-order valence-electron chi connectivity index (χ0n) is 13.5. The number of piperazine rings is 1. The Morgan fingerprint density at radius 3 is 2.76 bits per heavy atom. The summed E-state index contributed by atoms with van der Waals surface area (Å²) in [7, 11) is 0. The maximum atomic E-state index is 13.0. The van der Waals surface area contributed by atoms with Crippen LogP contribution in [0.5, 0.6) is 0 Å². The van der Waals surface area contributed by atoms with Crippen LogP contribution in [0.3, 0.4) is 0 Å². The van der Waals surface area contributed by atoms with Crippen LogP contribution in [0.4, 0.5) is 13.2 Å². The molecule has 0 radical (unpaired) electrons. The molecule has 5 nitrogen and oxygen atoms in total. The van der Waals surface area contributed by atoms with Gasteiger partial charge in [-0.3, -0.25) is 4.79 Å². The van der Waals surface area contributed by atoms with E-state index in [2.05, 4.69) is 10.4 Å². The van der Waals surface area contributed by atoms with Crippen molar-refractivity contribution in [3.63, 3.8) is 0 Å². The van der Waals surface area contributed by atoms with E-state index in [9.17, 15) is 18.0 Å². The third kappa shape index (κ3) is 3.96. The Labute approximate surface area is 149 Å². The Balaban J connectivity index is 0.00000225. The third-order valence-electron chi connectivity index (χ3n) is 4.03. The second kappa shape index (κ2) is 7.45. The van der Waals surface area contributed by atoms with E-state index >= 15 is 0 Å². The molecule has 0 aliphatic carbocycles. The van der Waals surface area contributed by atoms with E-state index in [0.717, 1.165) is 16.9 Å². The zero-order chi connectivity index (χ0) is 17.3. The van der Waals surface area contributed by atoms with E-state index in [4.69, 9.17) is 0 Å². The number of benzene rings is 1. The highest BCUT2D eigenvalue weighted by atomic mass is 35.5. The molecule has 0 spiro atoms. The summed E-state index contributed by atoms with van der Waals surface area (Å²) in [4.78, 5) is 14.4. The van der Waals surface area contributed by atoms with E-state index in [-0.39, 0.29) is 30.0 Å². The SMILES string of the molecule is C[C@H]1CNCCN1C(=O)c1cccc(-n2nccc2C(F)(F)F)c1.Cl. The van der Waals surface area contributed by atoms with Crippen LogP contribution in [0.15, 0.2) is 36.5 Å². The fourth-order valence-electron chi connectivity index (χ4n) is 2.80. The van der Waals surface area contributed by atoms with Crippen LogP contribution >= 0.6 is 12.4 Å². The normalized spacial score (nSPS) is 17.9. The first-order chi connectivity index (χ1) is 11.4. The predicted molar refractivity (Wildman–Crippen MR) is 89.2 cm³/mol. The van der Waals surface area contributed by atoms with E-state index in [1.807, 2.05) is 6.92 Å². The molecule has 9 heteroatoms. The molecule has 0 unspecified atom stereocenters. The number of hydrogen-bond donors (Lipinski definition) is 1. The first-order valence-electron chi connectivity index (χ1n) is 7.61. The molecule has 25 heavy (non-hydrogen) atoms. The molecule has 1 aromatic carbocycles. The number of nitrogens with one attached hydrogen (secondary N) is 1. The van der Waals surface area contributed by atoms with E-state index < -0.39 is 11.9 Å². The van der Waals surface area contributed by atoms with Crippen LogP contribution in [0.2, 0.25) is 0 Å². The number of nitrogens with zero attached hydrogens (tertiary/aromatic N) is 3. The Morgan fingerprint density at radius 1 is 1.32 bits per heavy atom. The number of carbonyl (C=O) groups excluding carboxylic acids is 1. The van der Waals surface area contributed by atoms with Crippen LogP contribution in [-0.4, -0.2) is 46.3 Å². The van der Waals surface area contributed by atoms with Crippen molar-refractivity contribution in [3.05, 3.63) is 47.8 Å². The molecule has 1 amide bonds. The minimum atomic E-state index is -4.51. The zero-order valence-corrected chi connectivity index (χ0v) is 14.3. The summed E-state index contributed by atoms with van der Waals surface area (Å²) in [6, 6.07) is 7.06. The molecule has 136 valence electrons. The van der Waals surface area contributed by atoms with Gasteiger partial charge in [-0.2, -0.15) is 18.3 Å². The molecule has 2 heterocycles. The minimum absolute atomic E-state index is 0. The lowest BCUT2D eigenvalue weighted by molar-refractivity contribution is -0.142. The van der Waals surface area contributed by atoms with Gasteiger partial charge in [0.1, 0.15) is 5.69 Å². The molecule has 1 aliphatic rings. The van der Waals surface area contributed by atoms with Gasteiger partial charge in [0, 0.05) is 31.2 Å². The number of alkyl halides is 3.